The van der Waals surface area contributed by atoms with Crippen LogP contribution in [0, 0.1) is 0 Å². The molecule has 0 saturated carbocycles. The number of urea groups is 1. The van der Waals surface area contributed by atoms with E-state index >= 15 is 0 Å². The van der Waals surface area contributed by atoms with Crippen LogP contribution < -0.4 is 15.3 Å². The van der Waals surface area contributed by atoms with Crippen molar-refractivity contribution in [1.82, 2.24) is 15.2 Å². The number of nitrogens with zero attached hydrogens (tertiary/aromatic N) is 4. The summed E-state index contributed by atoms with van der Waals surface area (Å²) in [5.41, 5.74) is 3.73. The Kier molecular flexibility index (Phi) is 3.02. The highest BCUT2D eigenvalue weighted by Crippen LogP contribution is 2.23. The SMILES string of the molecule is COc1ccc(N2N=C3C(N2)C(=O)N(C)C(=O)N3C)cc1. The van der Waals surface area contributed by atoms with Crippen LogP contribution in [0.2, 0.25) is 0 Å². The van der Waals surface area contributed by atoms with Crippen LogP contribution in [0.25, 0.3) is 0 Å². The average molecular weight is 289 g/mol. The molecule has 3 amide bonds. The van der Waals surface area contributed by atoms with Crippen LogP contribution in [0.3, 0.4) is 0 Å². The van der Waals surface area contributed by atoms with E-state index in [0.717, 1.165) is 16.3 Å². The Balaban J connectivity index is 1.90. The second-order valence-electron chi connectivity index (χ2n) is 4.77. The predicted octanol–water partition coefficient (Wildman–Crippen LogP) is 0.226. The van der Waals surface area contributed by atoms with E-state index in [1.807, 2.05) is 12.1 Å². The molecular formula is C13H15N5O3. The third kappa shape index (κ3) is 2.00. The van der Waals surface area contributed by atoms with Gasteiger partial charge in [-0.1, -0.05) is 0 Å². The number of hydrazone groups is 1. The van der Waals surface area contributed by atoms with Crippen molar-refractivity contribution < 1.29 is 14.3 Å². The first-order valence-electron chi connectivity index (χ1n) is 6.37. The fourth-order valence-electron chi connectivity index (χ4n) is 2.26. The zero-order valence-corrected chi connectivity index (χ0v) is 11.9. The lowest BCUT2D eigenvalue weighted by Crippen LogP contribution is -2.62. The van der Waals surface area contributed by atoms with Crippen molar-refractivity contribution in [2.45, 2.75) is 6.04 Å². The van der Waals surface area contributed by atoms with E-state index in [4.69, 9.17) is 4.74 Å². The number of imide groups is 1. The van der Waals surface area contributed by atoms with Gasteiger partial charge in [0.15, 0.2) is 11.9 Å². The minimum Gasteiger partial charge on any atom is -0.497 e. The van der Waals surface area contributed by atoms with Crippen molar-refractivity contribution in [1.29, 1.82) is 0 Å². The fourth-order valence-corrected chi connectivity index (χ4v) is 2.26. The maximum absolute atomic E-state index is 12.1. The molecule has 2 aliphatic rings. The number of amidine groups is 1. The molecule has 0 spiro atoms. The number of hydrogen-bond donors (Lipinski definition) is 1. The van der Waals surface area contributed by atoms with Crippen LogP contribution in [0.15, 0.2) is 29.4 Å². The summed E-state index contributed by atoms with van der Waals surface area (Å²) >= 11 is 0. The minimum atomic E-state index is -0.653. The summed E-state index contributed by atoms with van der Waals surface area (Å²) in [6.45, 7) is 0. The maximum atomic E-state index is 12.1. The number of nitrogens with one attached hydrogen (secondary N) is 1. The Morgan fingerprint density at radius 2 is 1.81 bits per heavy atom. The van der Waals surface area contributed by atoms with Gasteiger partial charge in [0, 0.05) is 14.1 Å². The number of likely N-dealkylation sites (N-methyl/N-ethyl adjacent to an activating group) is 2. The molecule has 0 aromatic heterocycles. The molecule has 8 heteroatoms. The van der Waals surface area contributed by atoms with Crippen molar-refractivity contribution in [3.8, 4) is 5.75 Å². The first-order valence-corrected chi connectivity index (χ1v) is 6.37. The van der Waals surface area contributed by atoms with Crippen LogP contribution in [-0.4, -0.2) is 54.8 Å². The number of hydrazine groups is 1. The number of hydrogen-bond acceptors (Lipinski definition) is 6. The molecule has 0 radical (unpaired) electrons. The predicted molar refractivity (Wildman–Crippen MR) is 75.8 cm³/mol. The number of rotatable bonds is 2. The number of fused-ring (bicyclic) bond motifs is 1. The van der Waals surface area contributed by atoms with Crippen LogP contribution >= 0.6 is 0 Å². The van der Waals surface area contributed by atoms with E-state index in [0.29, 0.717) is 5.84 Å². The molecule has 0 aliphatic carbocycles. The molecule has 2 aliphatic heterocycles. The summed E-state index contributed by atoms with van der Waals surface area (Å²) in [4.78, 5) is 26.5. The summed E-state index contributed by atoms with van der Waals surface area (Å²) in [7, 11) is 4.64. The van der Waals surface area contributed by atoms with Gasteiger partial charge in [-0.3, -0.25) is 14.6 Å². The standard InChI is InChI=1S/C13H15N5O3/c1-16-11-10(12(19)17(2)13(16)20)14-18(15-11)8-4-6-9(21-3)7-5-8/h4-7,10,14H,1-3H3. The lowest BCUT2D eigenvalue weighted by atomic mass is 10.2. The summed E-state index contributed by atoms with van der Waals surface area (Å²) in [5, 5.41) is 5.79. The van der Waals surface area contributed by atoms with E-state index in [2.05, 4.69) is 10.5 Å². The number of carbonyl (C=O) groups is 2. The summed E-state index contributed by atoms with van der Waals surface area (Å²) in [6, 6.07) is 6.16. The van der Waals surface area contributed by atoms with E-state index in [-0.39, 0.29) is 5.91 Å². The van der Waals surface area contributed by atoms with Gasteiger partial charge in [-0.2, -0.15) is 10.5 Å². The third-order valence-corrected chi connectivity index (χ3v) is 3.52. The Morgan fingerprint density at radius 1 is 1.14 bits per heavy atom. The maximum Gasteiger partial charge on any atom is 0.331 e. The number of methoxy groups -OCH3 is 1. The van der Waals surface area contributed by atoms with Crippen LogP contribution in [0.5, 0.6) is 5.75 Å². The van der Waals surface area contributed by atoms with Crippen LogP contribution in [0.1, 0.15) is 0 Å². The zero-order chi connectivity index (χ0) is 15.1. The second kappa shape index (κ2) is 4.74. The molecule has 1 saturated heterocycles. The summed E-state index contributed by atoms with van der Waals surface area (Å²) < 4.78 is 5.10. The Bertz CT molecular complexity index is 627. The number of carbonyl (C=O) groups excluding carboxylic acids is 2. The lowest BCUT2D eigenvalue weighted by molar-refractivity contribution is -0.128. The average Bonchev–Trinajstić information content (AvgIpc) is 2.96. The van der Waals surface area contributed by atoms with Gasteiger partial charge in [-0.15, -0.1) is 5.10 Å². The quantitative estimate of drug-likeness (QED) is 0.843. The van der Waals surface area contributed by atoms with Crippen LogP contribution in [-0.2, 0) is 4.79 Å². The second-order valence-corrected chi connectivity index (χ2v) is 4.77. The highest BCUT2D eigenvalue weighted by Gasteiger charge is 2.45. The van der Waals surface area contributed by atoms with Crippen molar-refractivity contribution in [3.63, 3.8) is 0 Å². The molecule has 21 heavy (non-hydrogen) atoms. The molecular weight excluding hydrogens is 274 g/mol. The van der Waals surface area contributed by atoms with Crippen molar-refractivity contribution >= 4 is 23.5 Å². The highest BCUT2D eigenvalue weighted by molar-refractivity contribution is 6.21. The summed E-state index contributed by atoms with van der Waals surface area (Å²) in [5.74, 6) is 0.790. The molecule has 1 atom stereocenters. The largest absolute Gasteiger partial charge is 0.497 e. The number of amides is 3. The van der Waals surface area contributed by atoms with Gasteiger partial charge < -0.3 is 4.74 Å². The molecule has 1 N–H and O–H groups in total. The van der Waals surface area contributed by atoms with Gasteiger partial charge >= 0.3 is 6.03 Å². The highest BCUT2D eigenvalue weighted by atomic mass is 16.5. The lowest BCUT2D eigenvalue weighted by Gasteiger charge is -2.32. The van der Waals surface area contributed by atoms with E-state index < -0.39 is 12.1 Å². The van der Waals surface area contributed by atoms with Crippen molar-refractivity contribution in [2.75, 3.05) is 26.3 Å². The van der Waals surface area contributed by atoms with Crippen molar-refractivity contribution in [3.05, 3.63) is 24.3 Å². The number of benzene rings is 1. The van der Waals surface area contributed by atoms with Gasteiger partial charge in [0.2, 0.25) is 0 Å². The monoisotopic (exact) mass is 289 g/mol. The molecule has 1 aromatic rings. The molecule has 0 bridgehead atoms. The summed E-state index contributed by atoms with van der Waals surface area (Å²) in [6.07, 6.45) is 0. The van der Waals surface area contributed by atoms with Gasteiger partial charge in [0.1, 0.15) is 5.75 Å². The third-order valence-electron chi connectivity index (χ3n) is 3.52. The smallest absolute Gasteiger partial charge is 0.331 e. The Labute approximate surface area is 121 Å². The first-order chi connectivity index (χ1) is 10.0. The minimum absolute atomic E-state index is 0.326. The van der Waals surface area contributed by atoms with Crippen LogP contribution in [0.4, 0.5) is 10.5 Å². The normalized spacial score (nSPS) is 21.6. The fraction of sp³-hybridized carbons (Fsp3) is 0.308. The topological polar surface area (TPSA) is 77.5 Å². The Hall–Kier alpha value is -2.61. The van der Waals surface area contributed by atoms with Gasteiger partial charge in [-0.05, 0) is 24.3 Å². The molecule has 1 fully saturated rings. The zero-order valence-electron chi connectivity index (χ0n) is 11.9. The van der Waals surface area contributed by atoms with E-state index in [9.17, 15) is 9.59 Å². The number of anilines is 1. The van der Waals surface area contributed by atoms with Gasteiger partial charge in [0.05, 0.1) is 12.8 Å². The molecule has 1 unspecified atom stereocenters. The van der Waals surface area contributed by atoms with Crippen molar-refractivity contribution in [2.24, 2.45) is 5.10 Å². The Morgan fingerprint density at radius 3 is 2.43 bits per heavy atom. The van der Waals surface area contributed by atoms with Gasteiger partial charge in [0.25, 0.3) is 5.91 Å². The molecule has 2 heterocycles. The molecule has 3 rings (SSSR count). The first kappa shape index (κ1) is 13.4. The van der Waals surface area contributed by atoms with E-state index in [1.54, 1.807) is 26.3 Å². The molecule has 8 nitrogen and oxygen atoms in total. The number of ether oxygens (including phenoxy) is 1. The molecule has 1 aromatic carbocycles. The van der Waals surface area contributed by atoms with E-state index in [1.165, 1.54) is 17.1 Å². The van der Waals surface area contributed by atoms with Gasteiger partial charge in [-0.25, -0.2) is 4.79 Å². The molecule has 110 valence electrons.